The van der Waals surface area contributed by atoms with E-state index >= 15 is 0 Å². The fourth-order valence-electron chi connectivity index (χ4n) is 3.06. The van der Waals surface area contributed by atoms with Crippen LogP contribution in [0.25, 0.3) is 11.3 Å². The van der Waals surface area contributed by atoms with Gasteiger partial charge in [0, 0.05) is 5.56 Å². The molecule has 5 nitrogen and oxygen atoms in total. The third-order valence-corrected chi connectivity index (χ3v) is 5.58. The van der Waals surface area contributed by atoms with Gasteiger partial charge < -0.3 is 0 Å². The highest BCUT2D eigenvalue weighted by molar-refractivity contribution is 7.86. The molecule has 0 fully saturated rings. The van der Waals surface area contributed by atoms with E-state index in [9.17, 15) is 9.47 Å². The van der Waals surface area contributed by atoms with Gasteiger partial charge in [-0.1, -0.05) is 78.9 Å². The SMILES string of the molecule is N#CC(c1ccccc1)c1cc(-c2ccccc2)nc(NS(=O)c2ccccc2)n1. The molecule has 4 rings (SSSR count). The zero-order valence-electron chi connectivity index (χ0n) is 16.0. The number of hydrogen-bond acceptors (Lipinski definition) is 4. The second-order valence-electron chi connectivity index (χ2n) is 6.52. The van der Waals surface area contributed by atoms with Crippen LogP contribution in [-0.4, -0.2) is 14.2 Å². The lowest BCUT2D eigenvalue weighted by Crippen LogP contribution is -2.11. The molecular formula is C24H18N4OS. The Morgan fingerprint density at radius 3 is 2.07 bits per heavy atom. The molecule has 1 aromatic heterocycles. The predicted octanol–water partition coefficient (Wildman–Crippen LogP) is 4.93. The molecule has 0 amide bonds. The van der Waals surface area contributed by atoms with Crippen LogP contribution >= 0.6 is 0 Å². The van der Waals surface area contributed by atoms with Crippen LogP contribution in [0.15, 0.2) is 102 Å². The third-order valence-electron chi connectivity index (χ3n) is 4.51. The van der Waals surface area contributed by atoms with Gasteiger partial charge in [-0.05, 0) is 23.8 Å². The van der Waals surface area contributed by atoms with E-state index in [0.29, 0.717) is 16.3 Å². The van der Waals surface area contributed by atoms with Crippen molar-refractivity contribution in [2.45, 2.75) is 10.8 Å². The second kappa shape index (κ2) is 9.12. The van der Waals surface area contributed by atoms with E-state index in [1.54, 1.807) is 12.1 Å². The van der Waals surface area contributed by atoms with Crippen LogP contribution in [0.5, 0.6) is 0 Å². The van der Waals surface area contributed by atoms with Crippen molar-refractivity contribution in [3.8, 4) is 17.3 Å². The topological polar surface area (TPSA) is 78.7 Å². The number of benzene rings is 3. The van der Waals surface area contributed by atoms with Crippen LogP contribution in [0.3, 0.4) is 0 Å². The molecule has 0 radical (unpaired) electrons. The molecule has 0 aliphatic heterocycles. The van der Waals surface area contributed by atoms with Crippen molar-refractivity contribution < 1.29 is 4.21 Å². The molecule has 0 spiro atoms. The molecule has 2 unspecified atom stereocenters. The van der Waals surface area contributed by atoms with Crippen LogP contribution in [0.1, 0.15) is 17.2 Å². The Kier molecular flexibility index (Phi) is 5.93. The van der Waals surface area contributed by atoms with Gasteiger partial charge in [-0.3, -0.25) is 4.72 Å². The summed E-state index contributed by atoms with van der Waals surface area (Å²) in [6.07, 6.45) is 0. The summed E-state index contributed by atoms with van der Waals surface area (Å²) in [5, 5.41) is 9.85. The lowest BCUT2D eigenvalue weighted by molar-refractivity contribution is 0.686. The summed E-state index contributed by atoms with van der Waals surface area (Å²) in [5.74, 6) is -0.355. The number of rotatable bonds is 6. The molecule has 6 heteroatoms. The first-order chi connectivity index (χ1) is 14.7. The number of hydrogen-bond donors (Lipinski definition) is 1. The first-order valence-corrected chi connectivity index (χ1v) is 10.5. The van der Waals surface area contributed by atoms with Crippen molar-refractivity contribution in [3.05, 3.63) is 108 Å². The Morgan fingerprint density at radius 1 is 0.833 bits per heavy atom. The maximum absolute atomic E-state index is 12.7. The molecule has 0 aliphatic carbocycles. The molecule has 0 saturated carbocycles. The number of aromatic nitrogens is 2. The van der Waals surface area contributed by atoms with Gasteiger partial charge in [0.15, 0.2) is 11.0 Å². The van der Waals surface area contributed by atoms with E-state index in [0.717, 1.165) is 11.1 Å². The smallest absolute Gasteiger partial charge is 0.235 e. The fourth-order valence-corrected chi connectivity index (χ4v) is 3.84. The van der Waals surface area contributed by atoms with Gasteiger partial charge in [-0.25, -0.2) is 14.2 Å². The molecule has 0 aliphatic rings. The quantitative estimate of drug-likeness (QED) is 0.489. The van der Waals surface area contributed by atoms with E-state index in [1.165, 1.54) is 0 Å². The lowest BCUT2D eigenvalue weighted by atomic mass is 9.96. The molecule has 1 heterocycles. The normalized spacial score (nSPS) is 12.5. The maximum Gasteiger partial charge on any atom is 0.235 e. The van der Waals surface area contributed by atoms with E-state index in [4.69, 9.17) is 0 Å². The third kappa shape index (κ3) is 4.43. The van der Waals surface area contributed by atoms with Crippen molar-refractivity contribution in [1.29, 1.82) is 5.26 Å². The minimum Gasteiger partial charge on any atom is -0.269 e. The average molecular weight is 411 g/mol. The minimum absolute atomic E-state index is 0.213. The summed E-state index contributed by atoms with van der Waals surface area (Å²) in [6, 6.07) is 32.3. The Morgan fingerprint density at radius 2 is 1.43 bits per heavy atom. The van der Waals surface area contributed by atoms with Gasteiger partial charge in [-0.15, -0.1) is 0 Å². The van der Waals surface area contributed by atoms with Crippen LogP contribution in [0, 0.1) is 11.3 Å². The van der Waals surface area contributed by atoms with Crippen molar-refractivity contribution in [2.75, 3.05) is 4.72 Å². The Balaban J connectivity index is 1.77. The minimum atomic E-state index is -1.52. The van der Waals surface area contributed by atoms with Crippen LogP contribution in [0.2, 0.25) is 0 Å². The molecular weight excluding hydrogens is 392 g/mol. The van der Waals surface area contributed by atoms with Crippen molar-refractivity contribution in [2.24, 2.45) is 0 Å². The molecule has 0 bridgehead atoms. The lowest BCUT2D eigenvalue weighted by Gasteiger charge is -2.13. The van der Waals surface area contributed by atoms with Crippen LogP contribution in [-0.2, 0) is 11.0 Å². The highest BCUT2D eigenvalue weighted by atomic mass is 32.2. The Labute approximate surface area is 177 Å². The highest BCUT2D eigenvalue weighted by Crippen LogP contribution is 2.27. The van der Waals surface area contributed by atoms with Crippen molar-refractivity contribution >= 4 is 16.9 Å². The molecule has 2 atom stereocenters. The predicted molar refractivity (Wildman–Crippen MR) is 118 cm³/mol. The summed E-state index contributed by atoms with van der Waals surface area (Å²) in [4.78, 5) is 9.71. The molecule has 0 saturated heterocycles. The number of nitrogens with zero attached hydrogens (tertiary/aromatic N) is 3. The number of nitriles is 1. The summed E-state index contributed by atoms with van der Waals surface area (Å²) >= 11 is 0. The van der Waals surface area contributed by atoms with E-state index < -0.39 is 16.9 Å². The monoisotopic (exact) mass is 410 g/mol. The summed E-state index contributed by atoms with van der Waals surface area (Å²) < 4.78 is 15.6. The molecule has 3 aromatic carbocycles. The Hall–Kier alpha value is -3.82. The largest absolute Gasteiger partial charge is 0.269 e. The number of anilines is 1. The van der Waals surface area contributed by atoms with Crippen LogP contribution < -0.4 is 4.72 Å². The van der Waals surface area contributed by atoms with Crippen molar-refractivity contribution in [3.63, 3.8) is 0 Å². The van der Waals surface area contributed by atoms with Gasteiger partial charge in [0.05, 0.1) is 22.4 Å². The van der Waals surface area contributed by atoms with E-state index in [2.05, 4.69) is 20.8 Å². The molecule has 1 N–H and O–H groups in total. The van der Waals surface area contributed by atoms with Gasteiger partial charge >= 0.3 is 0 Å². The Bertz CT molecular complexity index is 1190. The fraction of sp³-hybridized carbons (Fsp3) is 0.0417. The summed E-state index contributed by atoms with van der Waals surface area (Å²) in [7, 11) is -1.52. The second-order valence-corrected chi connectivity index (χ2v) is 7.74. The van der Waals surface area contributed by atoms with E-state index in [-0.39, 0.29) is 5.95 Å². The zero-order valence-corrected chi connectivity index (χ0v) is 16.8. The highest BCUT2D eigenvalue weighted by Gasteiger charge is 2.18. The first kappa shape index (κ1) is 19.5. The summed E-state index contributed by atoms with van der Waals surface area (Å²) in [5.41, 5.74) is 2.93. The molecule has 30 heavy (non-hydrogen) atoms. The summed E-state index contributed by atoms with van der Waals surface area (Å²) in [6.45, 7) is 0. The first-order valence-electron chi connectivity index (χ1n) is 9.37. The average Bonchev–Trinajstić information content (AvgIpc) is 2.81. The molecule has 4 aromatic rings. The molecule has 146 valence electrons. The van der Waals surface area contributed by atoms with Crippen molar-refractivity contribution in [1.82, 2.24) is 9.97 Å². The zero-order chi connectivity index (χ0) is 20.8. The number of nitrogens with one attached hydrogen (secondary N) is 1. The van der Waals surface area contributed by atoms with Crippen LogP contribution in [0.4, 0.5) is 5.95 Å². The van der Waals surface area contributed by atoms with E-state index in [1.807, 2.05) is 84.9 Å². The maximum atomic E-state index is 12.7. The van der Waals surface area contributed by atoms with Gasteiger partial charge in [0.1, 0.15) is 5.92 Å². The van der Waals surface area contributed by atoms with Gasteiger partial charge in [0.25, 0.3) is 0 Å². The standard InChI is InChI=1S/C24H18N4OS/c25-17-21(18-10-4-1-5-11-18)23-16-22(19-12-6-2-7-13-19)26-24(27-23)28-30(29)20-14-8-3-9-15-20/h1-16,21H,(H,26,27,28). The van der Waals surface area contributed by atoms with Gasteiger partial charge in [0.2, 0.25) is 5.95 Å². The van der Waals surface area contributed by atoms with Gasteiger partial charge in [-0.2, -0.15) is 5.26 Å².